The molecule has 0 unspecified atom stereocenters. The van der Waals surface area contributed by atoms with Crippen LogP contribution in [0.25, 0.3) is 0 Å². The van der Waals surface area contributed by atoms with Crippen molar-refractivity contribution in [2.75, 3.05) is 5.32 Å². The molecule has 0 saturated carbocycles. The first kappa shape index (κ1) is 19.1. The van der Waals surface area contributed by atoms with Gasteiger partial charge in [0.05, 0.1) is 5.69 Å². The molecule has 1 aliphatic carbocycles. The van der Waals surface area contributed by atoms with Crippen molar-refractivity contribution in [3.05, 3.63) is 88.3 Å². The van der Waals surface area contributed by atoms with Crippen molar-refractivity contribution in [2.45, 2.75) is 32.1 Å². The van der Waals surface area contributed by atoms with Crippen molar-refractivity contribution < 1.29 is 18.4 Å². The highest BCUT2D eigenvalue weighted by Crippen LogP contribution is 2.42. The van der Waals surface area contributed by atoms with E-state index in [9.17, 15) is 18.4 Å². The van der Waals surface area contributed by atoms with E-state index < -0.39 is 23.5 Å². The predicted octanol–water partition coefficient (Wildman–Crippen LogP) is 4.57. The molecule has 1 aliphatic heterocycles. The van der Waals surface area contributed by atoms with Gasteiger partial charge in [-0.1, -0.05) is 30.3 Å². The van der Waals surface area contributed by atoms with Gasteiger partial charge in [-0.2, -0.15) is 0 Å². The molecule has 0 spiro atoms. The number of dihydropyridines is 1. The molecular formula is C23H20F2N2O2. The third-order valence-corrected chi connectivity index (χ3v) is 5.33. The highest BCUT2D eigenvalue weighted by molar-refractivity contribution is 6.09. The van der Waals surface area contributed by atoms with E-state index >= 15 is 0 Å². The van der Waals surface area contributed by atoms with E-state index in [1.807, 2.05) is 30.3 Å². The highest BCUT2D eigenvalue weighted by Gasteiger charge is 2.38. The van der Waals surface area contributed by atoms with Gasteiger partial charge in [-0.3, -0.25) is 9.59 Å². The van der Waals surface area contributed by atoms with Crippen LogP contribution in [0.4, 0.5) is 14.5 Å². The Morgan fingerprint density at radius 2 is 1.86 bits per heavy atom. The Hall–Kier alpha value is -3.28. The average Bonchev–Trinajstić information content (AvgIpc) is 2.70. The lowest BCUT2D eigenvalue weighted by molar-refractivity contribution is -0.116. The van der Waals surface area contributed by atoms with E-state index in [2.05, 4.69) is 10.6 Å². The molecule has 148 valence electrons. The molecule has 0 fully saturated rings. The lowest BCUT2D eigenvalue weighted by atomic mass is 9.75. The van der Waals surface area contributed by atoms with Crippen LogP contribution in [0.2, 0.25) is 0 Å². The van der Waals surface area contributed by atoms with E-state index in [4.69, 9.17) is 0 Å². The normalized spacial score (nSPS) is 19.0. The van der Waals surface area contributed by atoms with Crippen molar-refractivity contribution >= 4 is 17.4 Å². The van der Waals surface area contributed by atoms with E-state index in [0.717, 1.165) is 36.2 Å². The molecule has 1 amide bonds. The molecule has 1 heterocycles. The molecule has 4 nitrogen and oxygen atoms in total. The van der Waals surface area contributed by atoms with Gasteiger partial charge in [0.15, 0.2) is 5.78 Å². The molecule has 1 atom stereocenters. The number of nitrogens with one attached hydrogen (secondary N) is 2. The van der Waals surface area contributed by atoms with Gasteiger partial charge in [0, 0.05) is 40.9 Å². The molecule has 29 heavy (non-hydrogen) atoms. The number of amides is 1. The second-order valence-electron chi connectivity index (χ2n) is 7.25. The molecule has 2 aromatic rings. The number of hydrogen-bond donors (Lipinski definition) is 2. The number of allylic oxidation sites excluding steroid dienone is 3. The Kier molecular flexibility index (Phi) is 5.01. The largest absolute Gasteiger partial charge is 0.362 e. The molecule has 4 rings (SSSR count). The molecule has 2 aliphatic rings. The summed E-state index contributed by atoms with van der Waals surface area (Å²) in [5, 5.41) is 5.75. The molecule has 0 aromatic heterocycles. The smallest absolute Gasteiger partial charge is 0.254 e. The summed E-state index contributed by atoms with van der Waals surface area (Å²) in [6.07, 6.45) is 1.94. The van der Waals surface area contributed by atoms with Crippen LogP contribution < -0.4 is 10.6 Å². The maximum Gasteiger partial charge on any atom is 0.254 e. The minimum absolute atomic E-state index is 0.0124. The van der Waals surface area contributed by atoms with Crippen LogP contribution in [0.15, 0.2) is 71.1 Å². The summed E-state index contributed by atoms with van der Waals surface area (Å²) in [4.78, 5) is 26.0. The van der Waals surface area contributed by atoms with Gasteiger partial charge in [0.25, 0.3) is 5.91 Å². The Morgan fingerprint density at radius 1 is 1.10 bits per heavy atom. The van der Waals surface area contributed by atoms with Gasteiger partial charge in [0.2, 0.25) is 0 Å². The number of carbonyl (C=O) groups is 2. The predicted molar refractivity (Wildman–Crippen MR) is 106 cm³/mol. The van der Waals surface area contributed by atoms with Crippen LogP contribution in [0.1, 0.15) is 37.7 Å². The standard InChI is InChI=1S/C23H20F2N2O2/c1-13-20(23(29)27-17-11-10-15(24)12-16(17)25)21(14-6-3-2-4-7-14)22-18(26-13)8-5-9-19(22)28/h2-4,6-7,10-12,21,26H,5,8-9H2,1H3,(H,27,29)/t21-/m1/s1. The maximum absolute atomic E-state index is 14.1. The van der Waals surface area contributed by atoms with Crippen LogP contribution in [0, 0.1) is 11.6 Å². The van der Waals surface area contributed by atoms with Gasteiger partial charge < -0.3 is 10.6 Å². The zero-order chi connectivity index (χ0) is 20.5. The first-order valence-corrected chi connectivity index (χ1v) is 9.51. The number of benzene rings is 2. The molecule has 0 saturated heterocycles. The minimum atomic E-state index is -0.856. The first-order valence-electron chi connectivity index (χ1n) is 9.51. The first-order chi connectivity index (χ1) is 14.0. The molecular weight excluding hydrogens is 374 g/mol. The Bertz CT molecular complexity index is 1060. The molecule has 6 heteroatoms. The summed E-state index contributed by atoms with van der Waals surface area (Å²) < 4.78 is 27.3. The fourth-order valence-corrected chi connectivity index (χ4v) is 4.04. The van der Waals surface area contributed by atoms with Crippen molar-refractivity contribution in [2.24, 2.45) is 0 Å². The fourth-order valence-electron chi connectivity index (χ4n) is 4.04. The number of halogens is 2. The van der Waals surface area contributed by atoms with E-state index in [1.165, 1.54) is 6.07 Å². The second-order valence-corrected chi connectivity index (χ2v) is 7.25. The number of carbonyl (C=O) groups excluding carboxylic acids is 2. The highest BCUT2D eigenvalue weighted by atomic mass is 19.1. The summed E-state index contributed by atoms with van der Waals surface area (Å²) in [6, 6.07) is 12.3. The lowest BCUT2D eigenvalue weighted by Gasteiger charge is -2.34. The van der Waals surface area contributed by atoms with Crippen molar-refractivity contribution in [3.8, 4) is 0 Å². The number of hydrogen-bond acceptors (Lipinski definition) is 3. The SMILES string of the molecule is CC1=C(C(=O)Nc2ccc(F)cc2F)[C@@H](c2ccccc2)C2=C(CCCC2=O)N1. The van der Waals surface area contributed by atoms with Gasteiger partial charge in [0.1, 0.15) is 11.6 Å². The lowest BCUT2D eigenvalue weighted by Crippen LogP contribution is -2.35. The quantitative estimate of drug-likeness (QED) is 0.802. The van der Waals surface area contributed by atoms with Gasteiger partial charge in [-0.05, 0) is 37.5 Å². The molecule has 2 aromatic carbocycles. The second kappa shape index (κ2) is 7.62. The van der Waals surface area contributed by atoms with E-state index in [0.29, 0.717) is 23.3 Å². The summed E-state index contributed by atoms with van der Waals surface area (Å²) in [6.45, 7) is 1.77. The number of Topliss-reactive ketones (excluding diaryl/α,β-unsaturated/α-hetero) is 1. The molecule has 0 radical (unpaired) electrons. The third-order valence-electron chi connectivity index (χ3n) is 5.33. The van der Waals surface area contributed by atoms with Gasteiger partial charge >= 0.3 is 0 Å². The van der Waals surface area contributed by atoms with Crippen molar-refractivity contribution in [1.82, 2.24) is 5.32 Å². The summed E-state index contributed by atoms with van der Waals surface area (Å²) in [5.41, 5.74) is 3.12. The van der Waals surface area contributed by atoms with Crippen LogP contribution in [-0.4, -0.2) is 11.7 Å². The summed E-state index contributed by atoms with van der Waals surface area (Å²) >= 11 is 0. The van der Waals surface area contributed by atoms with Crippen LogP contribution in [-0.2, 0) is 9.59 Å². The molecule has 0 bridgehead atoms. The van der Waals surface area contributed by atoms with E-state index in [1.54, 1.807) is 6.92 Å². The van der Waals surface area contributed by atoms with Crippen molar-refractivity contribution in [3.63, 3.8) is 0 Å². The number of rotatable bonds is 3. The topological polar surface area (TPSA) is 58.2 Å². The monoisotopic (exact) mass is 394 g/mol. The zero-order valence-electron chi connectivity index (χ0n) is 15.9. The maximum atomic E-state index is 14.1. The van der Waals surface area contributed by atoms with Crippen LogP contribution in [0.3, 0.4) is 0 Å². The Balaban J connectivity index is 1.77. The number of ketones is 1. The van der Waals surface area contributed by atoms with Crippen LogP contribution >= 0.6 is 0 Å². The van der Waals surface area contributed by atoms with Gasteiger partial charge in [-0.25, -0.2) is 8.78 Å². The van der Waals surface area contributed by atoms with E-state index in [-0.39, 0.29) is 11.5 Å². The Labute approximate surface area is 167 Å². The van der Waals surface area contributed by atoms with Crippen molar-refractivity contribution in [1.29, 1.82) is 0 Å². The summed E-state index contributed by atoms with van der Waals surface area (Å²) in [7, 11) is 0. The minimum Gasteiger partial charge on any atom is -0.362 e. The average molecular weight is 394 g/mol. The third kappa shape index (κ3) is 3.58. The van der Waals surface area contributed by atoms with Gasteiger partial charge in [-0.15, -0.1) is 0 Å². The Morgan fingerprint density at radius 3 is 2.59 bits per heavy atom. The molecule has 2 N–H and O–H groups in total. The summed E-state index contributed by atoms with van der Waals surface area (Å²) in [5.74, 6) is -2.63. The zero-order valence-corrected chi connectivity index (χ0v) is 15.9. The van der Waals surface area contributed by atoms with Crippen LogP contribution in [0.5, 0.6) is 0 Å². The number of anilines is 1. The fraction of sp³-hybridized carbons (Fsp3) is 0.217.